The summed E-state index contributed by atoms with van der Waals surface area (Å²) >= 11 is 0. The fraction of sp³-hybridized carbons (Fsp3) is 0.914. The molecule has 0 amide bonds. The maximum absolute atomic E-state index is 14.1. The first kappa shape index (κ1) is 40.7. The molecular weight excluding hydrogens is 622 g/mol. The van der Waals surface area contributed by atoms with Gasteiger partial charge in [0.25, 0.3) is 0 Å². The zero-order chi connectivity index (χ0) is 36.1. The van der Waals surface area contributed by atoms with Crippen LogP contribution in [0.4, 0.5) is 0 Å². The molecule has 3 aliphatic rings. The number of piperidine rings is 1. The summed E-state index contributed by atoms with van der Waals surface area (Å²) in [5, 5.41) is 42.7. The number of Topliss-reactive ketones (excluding diaryl/α,β-unsaturated/α-hetero) is 1. The van der Waals surface area contributed by atoms with E-state index in [1.165, 1.54) is 21.0 Å². The zero-order valence-electron chi connectivity index (χ0n) is 31.0. The van der Waals surface area contributed by atoms with Crippen molar-refractivity contribution in [1.29, 1.82) is 0 Å². The van der Waals surface area contributed by atoms with Gasteiger partial charge in [-0.1, -0.05) is 32.9 Å². The lowest BCUT2D eigenvalue weighted by molar-refractivity contribution is -0.295. The Bertz CT molecular complexity index is 1100. The first-order valence-corrected chi connectivity index (χ1v) is 17.7. The number of carbonyl (C=O) groups excluding carboxylic acids is 2. The van der Waals surface area contributed by atoms with Crippen LogP contribution in [0.3, 0.4) is 0 Å². The third kappa shape index (κ3) is 9.14. The minimum absolute atomic E-state index is 0.165. The van der Waals surface area contributed by atoms with Crippen LogP contribution in [-0.4, -0.2) is 132 Å². The molecule has 3 saturated heterocycles. The number of oxime groups is 1. The molecule has 13 heteroatoms. The van der Waals surface area contributed by atoms with Crippen molar-refractivity contribution in [2.75, 3.05) is 34.3 Å². The molecule has 0 saturated carbocycles. The molecule has 48 heavy (non-hydrogen) atoms. The SMILES string of the molecule is CC[C@H]1OC(=O)[C@H](C)C(=O)[C@H](C)[C@@H](O[C@@H]2O[C@H](C)C[C@H](N(C)C)[C@H]2O)[C@](C)(OC)C[C@@H](C)/C(=N\OC2CCCNC2)[C@H](C)[C@@H](O)[C@]1(C)O. The molecule has 3 rings (SSSR count). The normalized spacial score (nSPS) is 45.1. The molecular formula is C35H63N3O10. The Morgan fingerprint density at radius 3 is 2.31 bits per heavy atom. The van der Waals surface area contributed by atoms with E-state index in [1.807, 2.05) is 39.8 Å². The van der Waals surface area contributed by atoms with Gasteiger partial charge in [0, 0.05) is 37.5 Å². The van der Waals surface area contributed by atoms with Crippen molar-refractivity contribution >= 4 is 17.5 Å². The van der Waals surface area contributed by atoms with Gasteiger partial charge in [0.05, 0.1) is 29.6 Å². The van der Waals surface area contributed by atoms with Crippen molar-refractivity contribution in [2.45, 2.75) is 148 Å². The second-order valence-corrected chi connectivity index (χ2v) is 15.0. The predicted octanol–water partition coefficient (Wildman–Crippen LogP) is 2.28. The molecule has 3 aliphatic heterocycles. The smallest absolute Gasteiger partial charge is 0.316 e. The Kier molecular flexibility index (Phi) is 14.4. The van der Waals surface area contributed by atoms with Gasteiger partial charge in [-0.05, 0) is 80.4 Å². The van der Waals surface area contributed by atoms with Crippen LogP contribution in [0.2, 0.25) is 0 Å². The van der Waals surface area contributed by atoms with Crippen LogP contribution in [-0.2, 0) is 33.4 Å². The van der Waals surface area contributed by atoms with Crippen molar-refractivity contribution in [3.05, 3.63) is 0 Å². The van der Waals surface area contributed by atoms with Crippen LogP contribution in [0.5, 0.6) is 0 Å². The molecule has 0 aliphatic carbocycles. The minimum Gasteiger partial charge on any atom is -0.459 e. The quantitative estimate of drug-likeness (QED) is 0.176. The van der Waals surface area contributed by atoms with Crippen LogP contribution < -0.4 is 5.32 Å². The fourth-order valence-corrected chi connectivity index (χ4v) is 7.66. The molecule has 3 fully saturated rings. The monoisotopic (exact) mass is 685 g/mol. The van der Waals surface area contributed by atoms with Gasteiger partial charge in [-0.3, -0.25) is 9.59 Å². The van der Waals surface area contributed by atoms with Crippen LogP contribution in [0.1, 0.15) is 87.5 Å². The molecule has 278 valence electrons. The minimum atomic E-state index is -1.88. The summed E-state index contributed by atoms with van der Waals surface area (Å²) in [4.78, 5) is 35.5. The number of methoxy groups -OCH3 is 1. The summed E-state index contributed by atoms with van der Waals surface area (Å²) in [7, 11) is 5.29. The Hall–Kier alpha value is -1.71. The van der Waals surface area contributed by atoms with Gasteiger partial charge in [0.1, 0.15) is 29.8 Å². The van der Waals surface area contributed by atoms with Crippen molar-refractivity contribution in [3.63, 3.8) is 0 Å². The lowest BCUT2D eigenvalue weighted by atomic mass is 9.74. The van der Waals surface area contributed by atoms with Gasteiger partial charge in [0.2, 0.25) is 0 Å². The van der Waals surface area contributed by atoms with E-state index in [4.69, 9.17) is 23.8 Å². The van der Waals surface area contributed by atoms with E-state index in [9.17, 15) is 24.9 Å². The highest BCUT2D eigenvalue weighted by molar-refractivity contribution is 6.00. The van der Waals surface area contributed by atoms with Crippen LogP contribution in [0.15, 0.2) is 5.16 Å². The number of aliphatic hydroxyl groups excluding tert-OH is 2. The van der Waals surface area contributed by atoms with Crippen LogP contribution >= 0.6 is 0 Å². The number of nitrogens with zero attached hydrogens (tertiary/aromatic N) is 2. The van der Waals surface area contributed by atoms with Gasteiger partial charge >= 0.3 is 5.97 Å². The second-order valence-electron chi connectivity index (χ2n) is 15.0. The van der Waals surface area contributed by atoms with Gasteiger partial charge in [-0.25, -0.2) is 0 Å². The number of esters is 1. The lowest BCUT2D eigenvalue weighted by Gasteiger charge is -2.47. The number of ketones is 1. The maximum Gasteiger partial charge on any atom is 0.316 e. The second kappa shape index (κ2) is 17.0. The largest absolute Gasteiger partial charge is 0.459 e. The van der Waals surface area contributed by atoms with Crippen LogP contribution in [0.25, 0.3) is 0 Å². The summed E-state index contributed by atoms with van der Waals surface area (Å²) in [5.74, 6) is -4.54. The maximum atomic E-state index is 14.1. The van der Waals surface area contributed by atoms with Crippen LogP contribution in [0, 0.1) is 23.7 Å². The van der Waals surface area contributed by atoms with Crippen molar-refractivity contribution in [1.82, 2.24) is 10.2 Å². The van der Waals surface area contributed by atoms with E-state index in [0.29, 0.717) is 18.7 Å². The Morgan fingerprint density at radius 1 is 1.08 bits per heavy atom. The molecule has 0 radical (unpaired) electrons. The third-order valence-electron chi connectivity index (χ3n) is 10.9. The first-order chi connectivity index (χ1) is 22.4. The average molecular weight is 686 g/mol. The Balaban J connectivity index is 2.14. The Labute approximate surface area is 287 Å². The van der Waals surface area contributed by atoms with E-state index in [-0.39, 0.29) is 31.1 Å². The number of ether oxygens (including phenoxy) is 4. The van der Waals surface area contributed by atoms with Gasteiger partial charge in [0.15, 0.2) is 12.1 Å². The number of carbonyl (C=O) groups is 2. The van der Waals surface area contributed by atoms with Crippen molar-refractivity contribution in [3.8, 4) is 0 Å². The summed E-state index contributed by atoms with van der Waals surface area (Å²) in [6.45, 7) is 15.3. The van der Waals surface area contributed by atoms with E-state index < -0.39 is 77.3 Å². The molecule has 3 heterocycles. The molecule has 14 atom stereocenters. The molecule has 0 spiro atoms. The number of nitrogens with one attached hydrogen (secondary N) is 1. The number of likely N-dealkylation sites (N-methyl/N-ethyl adjacent to an activating group) is 1. The average Bonchev–Trinajstić information content (AvgIpc) is 3.05. The number of cyclic esters (lactones) is 1. The van der Waals surface area contributed by atoms with Crippen molar-refractivity contribution in [2.24, 2.45) is 28.8 Å². The van der Waals surface area contributed by atoms with Gasteiger partial charge in [-0.15, -0.1) is 0 Å². The highest BCUT2D eigenvalue weighted by Crippen LogP contribution is 2.38. The number of aliphatic hydroxyl groups is 3. The number of hydrogen-bond acceptors (Lipinski definition) is 13. The van der Waals surface area contributed by atoms with Gasteiger partial charge in [-0.2, -0.15) is 0 Å². The fourth-order valence-electron chi connectivity index (χ4n) is 7.66. The zero-order valence-corrected chi connectivity index (χ0v) is 31.0. The molecule has 13 nitrogen and oxygen atoms in total. The van der Waals surface area contributed by atoms with E-state index in [0.717, 1.165) is 19.4 Å². The van der Waals surface area contributed by atoms with Gasteiger partial charge < -0.3 is 49.3 Å². The third-order valence-corrected chi connectivity index (χ3v) is 10.9. The number of rotatable bonds is 7. The summed E-state index contributed by atoms with van der Waals surface area (Å²) in [6, 6.07) is -0.254. The molecule has 0 aromatic rings. The van der Waals surface area contributed by atoms with Crippen molar-refractivity contribution < 1.29 is 48.7 Å². The molecule has 0 bridgehead atoms. The Morgan fingerprint density at radius 2 is 1.75 bits per heavy atom. The predicted molar refractivity (Wildman–Crippen MR) is 180 cm³/mol. The molecule has 0 aromatic heterocycles. The standard InChI is InChI=1S/C35H63N3O10/c1-12-26-35(8,43)30(41)21(4)27(37-48-24-14-13-15-36-18-24)19(2)17-34(7,44-11)31(22(5)28(39)23(6)32(42)46-26)47-33-29(40)25(38(9)10)16-20(3)45-33/h19-26,29-31,33,36,40-41,43H,12-18H2,1-11H3/b37-27+/t19-,20-,21+,22+,23-,24?,25+,26-,29-,30-,31-,33+,34-,35-/m1/s1. The number of hydrogen-bond donors (Lipinski definition) is 4. The highest BCUT2D eigenvalue weighted by atomic mass is 16.7. The topological polar surface area (TPSA) is 169 Å². The van der Waals surface area contributed by atoms with E-state index >= 15 is 0 Å². The molecule has 0 aromatic carbocycles. The summed E-state index contributed by atoms with van der Waals surface area (Å²) < 4.78 is 24.7. The van der Waals surface area contributed by atoms with E-state index in [2.05, 4.69) is 10.5 Å². The molecule has 4 N–H and O–H groups in total. The van der Waals surface area contributed by atoms with E-state index in [1.54, 1.807) is 20.8 Å². The summed E-state index contributed by atoms with van der Waals surface area (Å²) in [5.41, 5.74) is -2.58. The first-order valence-electron chi connectivity index (χ1n) is 17.7. The lowest BCUT2D eigenvalue weighted by Crippen LogP contribution is -2.60. The molecule has 1 unspecified atom stereocenters. The summed E-state index contributed by atoms with van der Waals surface area (Å²) in [6.07, 6.45) is -3.21. The highest BCUT2D eigenvalue weighted by Gasteiger charge is 2.51.